The number of hydrogen-bond acceptors (Lipinski definition) is 4. The molecule has 0 saturated carbocycles. The fraction of sp³-hybridized carbons (Fsp3) is 0.391. The highest BCUT2D eigenvalue weighted by molar-refractivity contribution is 5.89. The van der Waals surface area contributed by atoms with Gasteiger partial charge in [0.1, 0.15) is 11.6 Å². The zero-order valence-corrected chi connectivity index (χ0v) is 18.8. The number of esters is 1. The SMILES string of the molecule is C[C@H](Nc1cc(C(F)(F)F)cc(C(F)(F)F)c1)C(=O)NC(C(=O)OC(C)(C)C)c1ccccc1. The molecule has 11 heteroatoms. The molecule has 186 valence electrons. The standard InChI is InChI=1S/C23H24F6N2O3/c1-13(30-17-11-15(22(24,25)26)10-16(12-17)23(27,28)29)19(32)31-18(14-8-6-5-7-9-14)20(33)34-21(2,3)4/h5-13,18,30H,1-4H3,(H,31,32)/t13-,18?/m0/s1. The van der Waals surface area contributed by atoms with E-state index >= 15 is 0 Å². The van der Waals surface area contributed by atoms with E-state index in [-0.39, 0.29) is 6.07 Å². The first-order chi connectivity index (χ1) is 15.5. The molecule has 2 rings (SSSR count). The Hall–Kier alpha value is -3.24. The third kappa shape index (κ3) is 7.67. The Morgan fingerprint density at radius 1 is 0.853 bits per heavy atom. The fourth-order valence-electron chi connectivity index (χ4n) is 2.91. The minimum absolute atomic E-state index is 0.0101. The number of nitrogens with one attached hydrogen (secondary N) is 2. The zero-order chi connectivity index (χ0) is 25.9. The average Bonchev–Trinajstić information content (AvgIpc) is 2.69. The van der Waals surface area contributed by atoms with Gasteiger partial charge in [-0.25, -0.2) is 4.79 Å². The summed E-state index contributed by atoms with van der Waals surface area (Å²) in [6.07, 6.45) is -10.1. The molecule has 0 radical (unpaired) electrons. The van der Waals surface area contributed by atoms with Crippen molar-refractivity contribution < 1.29 is 40.7 Å². The van der Waals surface area contributed by atoms with E-state index in [2.05, 4.69) is 10.6 Å². The van der Waals surface area contributed by atoms with Crippen molar-refractivity contribution in [3.8, 4) is 0 Å². The van der Waals surface area contributed by atoms with Gasteiger partial charge in [-0.05, 0) is 51.5 Å². The van der Waals surface area contributed by atoms with Gasteiger partial charge < -0.3 is 15.4 Å². The minimum Gasteiger partial charge on any atom is -0.458 e. The van der Waals surface area contributed by atoms with Gasteiger partial charge in [-0.3, -0.25) is 4.79 Å². The van der Waals surface area contributed by atoms with Crippen LogP contribution >= 0.6 is 0 Å². The molecule has 1 amide bonds. The summed E-state index contributed by atoms with van der Waals surface area (Å²) in [4.78, 5) is 25.4. The molecule has 0 aliphatic rings. The molecule has 2 N–H and O–H groups in total. The summed E-state index contributed by atoms with van der Waals surface area (Å²) in [6, 6.07) is 6.47. The lowest BCUT2D eigenvalue weighted by Gasteiger charge is -2.26. The topological polar surface area (TPSA) is 67.4 Å². The predicted octanol–water partition coefficient (Wildman–Crippen LogP) is 5.72. The van der Waals surface area contributed by atoms with Gasteiger partial charge in [-0.2, -0.15) is 26.3 Å². The van der Waals surface area contributed by atoms with Crippen molar-refractivity contribution in [1.82, 2.24) is 5.32 Å². The van der Waals surface area contributed by atoms with Crippen LogP contribution in [0.15, 0.2) is 48.5 Å². The van der Waals surface area contributed by atoms with E-state index in [9.17, 15) is 35.9 Å². The minimum atomic E-state index is -5.03. The lowest BCUT2D eigenvalue weighted by atomic mass is 10.1. The molecule has 2 aromatic carbocycles. The van der Waals surface area contributed by atoms with Gasteiger partial charge in [-0.15, -0.1) is 0 Å². The monoisotopic (exact) mass is 490 g/mol. The van der Waals surface area contributed by atoms with E-state index in [4.69, 9.17) is 4.74 Å². The molecule has 2 aromatic rings. The van der Waals surface area contributed by atoms with Crippen LogP contribution in [-0.4, -0.2) is 23.5 Å². The van der Waals surface area contributed by atoms with Gasteiger partial charge in [0.05, 0.1) is 11.1 Å². The summed E-state index contributed by atoms with van der Waals surface area (Å²) in [6.45, 7) is 6.13. The van der Waals surface area contributed by atoms with Crippen molar-refractivity contribution in [2.24, 2.45) is 0 Å². The maximum atomic E-state index is 13.1. The Bertz CT molecular complexity index is 982. The molecule has 0 aromatic heterocycles. The number of benzene rings is 2. The van der Waals surface area contributed by atoms with Crippen LogP contribution in [0, 0.1) is 0 Å². The third-order valence-electron chi connectivity index (χ3n) is 4.43. The molecule has 0 aliphatic heterocycles. The van der Waals surface area contributed by atoms with Crippen molar-refractivity contribution in [1.29, 1.82) is 0 Å². The number of halogens is 6. The summed E-state index contributed by atoms with van der Waals surface area (Å²) < 4.78 is 83.9. The van der Waals surface area contributed by atoms with Crippen LogP contribution in [0.5, 0.6) is 0 Å². The third-order valence-corrected chi connectivity index (χ3v) is 4.43. The van der Waals surface area contributed by atoms with Crippen LogP contribution in [0.4, 0.5) is 32.0 Å². The Morgan fingerprint density at radius 3 is 1.79 bits per heavy atom. The number of carbonyl (C=O) groups is 2. The van der Waals surface area contributed by atoms with Crippen LogP contribution < -0.4 is 10.6 Å². The fourth-order valence-corrected chi connectivity index (χ4v) is 2.91. The molecule has 34 heavy (non-hydrogen) atoms. The van der Waals surface area contributed by atoms with Gasteiger partial charge in [0.25, 0.3) is 0 Å². The molecule has 1 unspecified atom stereocenters. The van der Waals surface area contributed by atoms with Crippen molar-refractivity contribution in [2.75, 3.05) is 5.32 Å². The van der Waals surface area contributed by atoms with E-state index in [0.717, 1.165) is 0 Å². The Kier molecular flexibility index (Phi) is 7.90. The average molecular weight is 490 g/mol. The molecule has 0 aliphatic carbocycles. The molecule has 0 bridgehead atoms. The van der Waals surface area contributed by atoms with Gasteiger partial charge >= 0.3 is 18.3 Å². The van der Waals surface area contributed by atoms with Crippen molar-refractivity contribution in [3.05, 3.63) is 65.2 Å². The maximum absolute atomic E-state index is 13.1. The number of rotatable bonds is 6. The molecule has 0 fully saturated rings. The summed E-state index contributed by atoms with van der Waals surface area (Å²) in [5, 5.41) is 4.79. The molecule has 0 heterocycles. The van der Waals surface area contributed by atoms with E-state index in [1.807, 2.05) is 0 Å². The van der Waals surface area contributed by atoms with E-state index in [0.29, 0.717) is 17.7 Å². The second-order valence-corrected chi connectivity index (χ2v) is 8.55. The van der Waals surface area contributed by atoms with Crippen molar-refractivity contribution >= 4 is 17.6 Å². The normalized spacial score (nSPS) is 14.2. The molecule has 0 saturated heterocycles. The summed E-state index contributed by atoms with van der Waals surface area (Å²) >= 11 is 0. The van der Waals surface area contributed by atoms with Gasteiger partial charge in [0.15, 0.2) is 6.04 Å². The number of carbonyl (C=O) groups excluding carboxylic acids is 2. The lowest BCUT2D eigenvalue weighted by Crippen LogP contribution is -2.44. The first-order valence-corrected chi connectivity index (χ1v) is 10.1. The quantitative estimate of drug-likeness (QED) is 0.401. The van der Waals surface area contributed by atoms with Gasteiger partial charge in [-0.1, -0.05) is 30.3 Å². The number of hydrogen-bond donors (Lipinski definition) is 2. The highest BCUT2D eigenvalue weighted by atomic mass is 19.4. The van der Waals surface area contributed by atoms with Gasteiger partial charge in [0.2, 0.25) is 5.91 Å². The Balaban J connectivity index is 2.29. The van der Waals surface area contributed by atoms with E-state index < -0.39 is 58.7 Å². The molecular weight excluding hydrogens is 466 g/mol. The van der Waals surface area contributed by atoms with E-state index in [1.54, 1.807) is 51.1 Å². The van der Waals surface area contributed by atoms with Crippen LogP contribution in [-0.2, 0) is 26.7 Å². The van der Waals surface area contributed by atoms with Crippen LogP contribution in [0.2, 0.25) is 0 Å². The Morgan fingerprint density at radius 2 is 1.35 bits per heavy atom. The number of alkyl halides is 6. The second-order valence-electron chi connectivity index (χ2n) is 8.55. The smallest absolute Gasteiger partial charge is 0.416 e. The maximum Gasteiger partial charge on any atom is 0.416 e. The van der Waals surface area contributed by atoms with Crippen molar-refractivity contribution in [2.45, 2.75) is 57.7 Å². The second kappa shape index (κ2) is 9.94. The van der Waals surface area contributed by atoms with E-state index in [1.165, 1.54) is 6.92 Å². The van der Waals surface area contributed by atoms with Crippen LogP contribution in [0.25, 0.3) is 0 Å². The number of ether oxygens (including phenoxy) is 1. The highest BCUT2D eigenvalue weighted by Gasteiger charge is 2.37. The van der Waals surface area contributed by atoms with Gasteiger partial charge in [0, 0.05) is 5.69 Å². The number of amides is 1. The lowest BCUT2D eigenvalue weighted by molar-refractivity contribution is -0.159. The Labute approximate surface area is 192 Å². The molecular formula is C23H24F6N2O3. The number of anilines is 1. The largest absolute Gasteiger partial charge is 0.458 e. The van der Waals surface area contributed by atoms with Crippen LogP contribution in [0.3, 0.4) is 0 Å². The van der Waals surface area contributed by atoms with Crippen LogP contribution in [0.1, 0.15) is 50.4 Å². The molecule has 2 atom stereocenters. The summed E-state index contributed by atoms with van der Waals surface area (Å²) in [7, 11) is 0. The first-order valence-electron chi connectivity index (χ1n) is 10.1. The summed E-state index contributed by atoms with van der Waals surface area (Å²) in [5.41, 5.74) is -4.08. The molecule has 0 spiro atoms. The first kappa shape index (κ1) is 27.0. The zero-order valence-electron chi connectivity index (χ0n) is 18.8. The van der Waals surface area contributed by atoms with Crippen molar-refractivity contribution in [3.63, 3.8) is 0 Å². The molecule has 5 nitrogen and oxygen atoms in total. The summed E-state index contributed by atoms with van der Waals surface area (Å²) in [5.74, 6) is -1.62. The highest BCUT2D eigenvalue weighted by Crippen LogP contribution is 2.37. The predicted molar refractivity (Wildman–Crippen MR) is 113 cm³/mol.